The minimum Gasteiger partial charge on any atom is -0.497 e. The largest absolute Gasteiger partial charge is 0.497 e. The van der Waals surface area contributed by atoms with E-state index in [-0.39, 0.29) is 12.1 Å². The van der Waals surface area contributed by atoms with Gasteiger partial charge in [0.1, 0.15) is 17.5 Å². The molecule has 0 saturated carbocycles. The lowest BCUT2D eigenvalue weighted by atomic mass is 10.0. The van der Waals surface area contributed by atoms with Crippen molar-refractivity contribution in [2.75, 3.05) is 13.7 Å². The summed E-state index contributed by atoms with van der Waals surface area (Å²) in [6, 6.07) is 15.8. The summed E-state index contributed by atoms with van der Waals surface area (Å²) < 4.78 is 16.3. The van der Waals surface area contributed by atoms with Gasteiger partial charge in [0, 0.05) is 11.6 Å². The molecular weight excluding hydrogens is 344 g/mol. The van der Waals surface area contributed by atoms with Gasteiger partial charge >= 0.3 is 0 Å². The second-order valence-corrected chi connectivity index (χ2v) is 6.32. The average Bonchev–Trinajstić information content (AvgIpc) is 3.39. The van der Waals surface area contributed by atoms with Crippen LogP contribution >= 0.6 is 0 Å². The molecule has 3 aromatic rings. The molecule has 2 heterocycles. The predicted octanol–water partition coefficient (Wildman–Crippen LogP) is 3.42. The summed E-state index contributed by atoms with van der Waals surface area (Å²) in [7, 11) is 1.67. The van der Waals surface area contributed by atoms with Crippen LogP contribution < -0.4 is 20.3 Å². The minimum absolute atomic E-state index is 0.0508. The number of hydrogen-bond donors (Lipinski definition) is 2. The topological polar surface area (TPSA) is 81.4 Å². The van der Waals surface area contributed by atoms with Crippen molar-refractivity contribution in [3.05, 3.63) is 60.0 Å². The molecule has 7 nitrogen and oxygen atoms in total. The van der Waals surface area contributed by atoms with Crippen LogP contribution in [0.3, 0.4) is 0 Å². The van der Waals surface area contributed by atoms with E-state index in [1.165, 1.54) is 0 Å². The Morgan fingerprint density at radius 1 is 1.07 bits per heavy atom. The molecule has 2 atom stereocenters. The molecule has 4 rings (SSSR count). The number of nitrogens with one attached hydrogen (secondary N) is 2. The van der Waals surface area contributed by atoms with Crippen LogP contribution in [0.25, 0.3) is 11.4 Å². The first-order chi connectivity index (χ1) is 13.3. The summed E-state index contributed by atoms with van der Waals surface area (Å²) >= 11 is 0. The van der Waals surface area contributed by atoms with Gasteiger partial charge in [0.05, 0.1) is 13.7 Å². The standard InChI is InChI=1S/C20H22N4O3/c1-3-26-15-9-7-13(8-10-15)19-21-20(27-24-19)18-12-17(22-23-18)14-5-4-6-16(11-14)25-2/h4-11,17-18,22-23H,3,12H2,1-2H3. The smallest absolute Gasteiger partial charge is 0.245 e. The van der Waals surface area contributed by atoms with Crippen molar-refractivity contribution in [3.8, 4) is 22.9 Å². The molecule has 1 aliphatic rings. The number of ether oxygens (including phenoxy) is 2. The summed E-state index contributed by atoms with van der Waals surface area (Å²) in [5.41, 5.74) is 8.58. The van der Waals surface area contributed by atoms with Crippen LogP contribution in [0.1, 0.15) is 36.9 Å². The number of aromatic nitrogens is 2. The molecule has 0 radical (unpaired) electrons. The molecule has 0 bridgehead atoms. The van der Waals surface area contributed by atoms with E-state index in [0.29, 0.717) is 18.3 Å². The van der Waals surface area contributed by atoms with Gasteiger partial charge in [-0.3, -0.25) is 0 Å². The highest BCUT2D eigenvalue weighted by Crippen LogP contribution is 2.32. The van der Waals surface area contributed by atoms with Gasteiger partial charge in [-0.15, -0.1) is 0 Å². The normalized spacial score (nSPS) is 19.2. The molecule has 27 heavy (non-hydrogen) atoms. The maximum absolute atomic E-state index is 5.49. The fraction of sp³-hybridized carbons (Fsp3) is 0.300. The number of rotatable bonds is 6. The molecule has 0 aliphatic carbocycles. The van der Waals surface area contributed by atoms with Crippen LogP contribution in [0.2, 0.25) is 0 Å². The van der Waals surface area contributed by atoms with Gasteiger partial charge in [0.15, 0.2) is 0 Å². The summed E-state index contributed by atoms with van der Waals surface area (Å²) in [5.74, 6) is 2.80. The van der Waals surface area contributed by atoms with Crippen molar-refractivity contribution in [2.24, 2.45) is 0 Å². The zero-order valence-electron chi connectivity index (χ0n) is 15.3. The Balaban J connectivity index is 1.46. The first kappa shape index (κ1) is 17.5. The molecule has 0 amide bonds. The lowest BCUT2D eigenvalue weighted by Crippen LogP contribution is -2.26. The van der Waals surface area contributed by atoms with Gasteiger partial charge in [-0.1, -0.05) is 17.3 Å². The van der Waals surface area contributed by atoms with Gasteiger partial charge in [-0.25, -0.2) is 10.9 Å². The van der Waals surface area contributed by atoms with E-state index < -0.39 is 0 Å². The maximum atomic E-state index is 5.49. The lowest BCUT2D eigenvalue weighted by molar-refractivity contribution is 0.339. The Bertz CT molecular complexity index is 894. The SMILES string of the molecule is CCOc1ccc(-c2noc(C3CC(c4cccc(OC)c4)NN3)n2)cc1. The maximum Gasteiger partial charge on any atom is 0.245 e. The Morgan fingerprint density at radius 3 is 2.67 bits per heavy atom. The molecule has 1 aromatic heterocycles. The van der Waals surface area contributed by atoms with Crippen molar-refractivity contribution in [1.29, 1.82) is 0 Å². The highest BCUT2D eigenvalue weighted by molar-refractivity contribution is 5.55. The van der Waals surface area contributed by atoms with Gasteiger partial charge in [0.25, 0.3) is 0 Å². The molecule has 1 fully saturated rings. The third-order valence-corrected chi connectivity index (χ3v) is 4.56. The number of benzene rings is 2. The molecule has 2 aromatic carbocycles. The van der Waals surface area contributed by atoms with Crippen molar-refractivity contribution < 1.29 is 14.0 Å². The minimum atomic E-state index is -0.0508. The van der Waals surface area contributed by atoms with Crippen molar-refractivity contribution in [1.82, 2.24) is 21.0 Å². The van der Waals surface area contributed by atoms with Crippen LogP contribution in [-0.4, -0.2) is 23.9 Å². The average molecular weight is 366 g/mol. The van der Waals surface area contributed by atoms with E-state index in [4.69, 9.17) is 14.0 Å². The van der Waals surface area contributed by atoms with E-state index in [2.05, 4.69) is 27.1 Å². The van der Waals surface area contributed by atoms with Crippen LogP contribution in [0, 0.1) is 0 Å². The number of hydrogen-bond acceptors (Lipinski definition) is 7. The van der Waals surface area contributed by atoms with E-state index in [0.717, 1.165) is 29.0 Å². The zero-order chi connectivity index (χ0) is 18.6. The number of hydrazine groups is 1. The fourth-order valence-electron chi connectivity index (χ4n) is 3.16. The predicted molar refractivity (Wildman–Crippen MR) is 100 cm³/mol. The lowest BCUT2D eigenvalue weighted by Gasteiger charge is -2.10. The first-order valence-corrected chi connectivity index (χ1v) is 8.98. The Kier molecular flexibility index (Phi) is 5.04. The highest BCUT2D eigenvalue weighted by Gasteiger charge is 2.30. The van der Waals surface area contributed by atoms with E-state index in [1.807, 2.05) is 49.4 Å². The molecule has 140 valence electrons. The van der Waals surface area contributed by atoms with E-state index >= 15 is 0 Å². The summed E-state index contributed by atoms with van der Waals surface area (Å²) in [6.45, 7) is 2.60. The van der Waals surface area contributed by atoms with Gasteiger partial charge < -0.3 is 14.0 Å². The first-order valence-electron chi connectivity index (χ1n) is 8.98. The van der Waals surface area contributed by atoms with E-state index in [1.54, 1.807) is 7.11 Å². The monoisotopic (exact) mass is 366 g/mol. The Hall–Kier alpha value is -2.90. The van der Waals surface area contributed by atoms with Crippen molar-refractivity contribution in [3.63, 3.8) is 0 Å². The molecular formula is C20H22N4O3. The molecule has 1 aliphatic heterocycles. The summed E-state index contributed by atoms with van der Waals surface area (Å²) in [5, 5.41) is 4.12. The summed E-state index contributed by atoms with van der Waals surface area (Å²) in [6.07, 6.45) is 0.804. The van der Waals surface area contributed by atoms with Crippen molar-refractivity contribution in [2.45, 2.75) is 25.4 Å². The summed E-state index contributed by atoms with van der Waals surface area (Å²) in [4.78, 5) is 4.55. The van der Waals surface area contributed by atoms with Gasteiger partial charge in [-0.05, 0) is 55.3 Å². The Morgan fingerprint density at radius 2 is 1.89 bits per heavy atom. The van der Waals surface area contributed by atoms with Gasteiger partial charge in [0.2, 0.25) is 11.7 Å². The Labute approximate surface area is 157 Å². The molecule has 2 N–H and O–H groups in total. The van der Waals surface area contributed by atoms with Crippen LogP contribution in [-0.2, 0) is 0 Å². The molecule has 0 spiro atoms. The second kappa shape index (κ2) is 7.77. The van der Waals surface area contributed by atoms with Crippen LogP contribution in [0.15, 0.2) is 53.1 Å². The number of methoxy groups -OCH3 is 1. The zero-order valence-corrected chi connectivity index (χ0v) is 15.3. The van der Waals surface area contributed by atoms with Crippen molar-refractivity contribution >= 4 is 0 Å². The third-order valence-electron chi connectivity index (χ3n) is 4.56. The molecule has 2 unspecified atom stereocenters. The second-order valence-electron chi connectivity index (χ2n) is 6.32. The van der Waals surface area contributed by atoms with Crippen LogP contribution in [0.4, 0.5) is 0 Å². The molecule has 7 heteroatoms. The van der Waals surface area contributed by atoms with Crippen LogP contribution in [0.5, 0.6) is 11.5 Å². The number of nitrogens with zero attached hydrogens (tertiary/aromatic N) is 2. The third kappa shape index (κ3) is 3.79. The van der Waals surface area contributed by atoms with E-state index in [9.17, 15) is 0 Å². The quantitative estimate of drug-likeness (QED) is 0.692. The molecule has 1 saturated heterocycles. The fourth-order valence-corrected chi connectivity index (χ4v) is 3.16. The highest BCUT2D eigenvalue weighted by atomic mass is 16.5. The van der Waals surface area contributed by atoms with Gasteiger partial charge in [-0.2, -0.15) is 4.98 Å².